The fraction of sp³-hybridized carbons (Fsp3) is 0.263. The second kappa shape index (κ2) is 4.86. The highest BCUT2D eigenvalue weighted by molar-refractivity contribution is 7.70. The van der Waals surface area contributed by atoms with Gasteiger partial charge in [0.15, 0.2) is 0 Å². The van der Waals surface area contributed by atoms with Crippen LogP contribution in [-0.2, 0) is 6.42 Å². The van der Waals surface area contributed by atoms with Gasteiger partial charge in [0.05, 0.1) is 0 Å². The van der Waals surface area contributed by atoms with E-state index in [1.54, 1.807) is 10.6 Å². The van der Waals surface area contributed by atoms with Gasteiger partial charge in [0.2, 0.25) is 0 Å². The van der Waals surface area contributed by atoms with Crippen LogP contribution in [0.3, 0.4) is 0 Å². The maximum atomic E-state index is 2.51. The number of benzene rings is 2. The van der Waals surface area contributed by atoms with Crippen molar-refractivity contribution in [2.24, 2.45) is 0 Å². The highest BCUT2D eigenvalue weighted by Gasteiger charge is 2.29. The van der Waals surface area contributed by atoms with Gasteiger partial charge in [-0.1, -0.05) is 55.8 Å². The van der Waals surface area contributed by atoms with Crippen molar-refractivity contribution in [2.75, 3.05) is 6.16 Å². The van der Waals surface area contributed by atoms with Gasteiger partial charge in [0.1, 0.15) is 0 Å². The van der Waals surface area contributed by atoms with Gasteiger partial charge in [-0.25, -0.2) is 0 Å². The molecule has 1 aliphatic heterocycles. The van der Waals surface area contributed by atoms with Crippen molar-refractivity contribution in [3.63, 3.8) is 0 Å². The van der Waals surface area contributed by atoms with Crippen LogP contribution in [0.15, 0.2) is 47.8 Å². The Labute approximate surface area is 122 Å². The van der Waals surface area contributed by atoms with Crippen LogP contribution in [0.5, 0.6) is 0 Å². The second-order valence-electron chi connectivity index (χ2n) is 5.71. The normalized spacial score (nSPS) is 18.4. The molecule has 0 aromatic heterocycles. The van der Waals surface area contributed by atoms with Crippen LogP contribution in [0.1, 0.15) is 30.9 Å². The van der Waals surface area contributed by atoms with Crippen LogP contribution in [0.2, 0.25) is 0 Å². The molecule has 2 aromatic rings. The summed E-state index contributed by atoms with van der Waals surface area (Å²) in [6.07, 6.45) is 7.69. The maximum absolute atomic E-state index is 2.51. The Morgan fingerprint density at radius 2 is 1.85 bits per heavy atom. The summed E-state index contributed by atoms with van der Waals surface area (Å²) in [6, 6.07) is 15.9. The summed E-state index contributed by atoms with van der Waals surface area (Å²) in [5, 5.41) is 3.30. The van der Waals surface area contributed by atoms with E-state index in [4.69, 9.17) is 0 Å². The lowest BCUT2D eigenvalue weighted by Crippen LogP contribution is -2.10. The van der Waals surface area contributed by atoms with Gasteiger partial charge >= 0.3 is 0 Å². The van der Waals surface area contributed by atoms with Crippen molar-refractivity contribution in [3.05, 3.63) is 58.9 Å². The molecule has 0 saturated heterocycles. The molecule has 1 atom stereocenters. The Morgan fingerprint density at radius 3 is 2.75 bits per heavy atom. The van der Waals surface area contributed by atoms with Crippen molar-refractivity contribution in [1.82, 2.24) is 0 Å². The molecule has 4 rings (SSSR count). The number of hydrogen-bond acceptors (Lipinski definition) is 0. The summed E-state index contributed by atoms with van der Waals surface area (Å²) >= 11 is 0. The molecule has 100 valence electrons. The van der Waals surface area contributed by atoms with Crippen molar-refractivity contribution in [3.8, 4) is 11.1 Å². The molecule has 2 aliphatic rings. The number of hydrogen-bond donors (Lipinski definition) is 0. The van der Waals surface area contributed by atoms with Gasteiger partial charge in [-0.05, 0) is 65.9 Å². The molecular formula is C19H19P. The maximum Gasteiger partial charge on any atom is -0.00117 e. The zero-order chi connectivity index (χ0) is 13.5. The summed E-state index contributed by atoms with van der Waals surface area (Å²) in [4.78, 5) is 0. The SMILES string of the molecule is CCCCP1C2=Cc3c(cccc3-c3ccccc31)C2. The van der Waals surface area contributed by atoms with E-state index in [0.717, 1.165) is 0 Å². The minimum absolute atomic E-state index is 0.122. The third-order valence-electron chi connectivity index (χ3n) is 4.45. The van der Waals surface area contributed by atoms with Crippen molar-refractivity contribution in [2.45, 2.75) is 26.2 Å². The Bertz CT molecular complexity index is 697. The first-order valence-corrected chi connectivity index (χ1v) is 9.10. The summed E-state index contributed by atoms with van der Waals surface area (Å²) in [5.74, 6) is 0. The average Bonchev–Trinajstić information content (AvgIpc) is 2.86. The number of unbranched alkanes of at least 4 members (excludes halogenated alkanes) is 1. The van der Waals surface area contributed by atoms with Gasteiger partial charge in [-0.3, -0.25) is 0 Å². The molecule has 1 unspecified atom stereocenters. The third kappa shape index (κ3) is 1.79. The molecule has 1 heterocycles. The van der Waals surface area contributed by atoms with Crippen molar-refractivity contribution < 1.29 is 0 Å². The number of rotatable bonds is 3. The number of allylic oxidation sites excluding steroid dienone is 1. The van der Waals surface area contributed by atoms with Gasteiger partial charge in [0, 0.05) is 0 Å². The highest BCUT2D eigenvalue weighted by atomic mass is 31.1. The van der Waals surface area contributed by atoms with E-state index in [2.05, 4.69) is 55.5 Å². The minimum atomic E-state index is -0.122. The van der Waals surface area contributed by atoms with Gasteiger partial charge in [0.25, 0.3) is 0 Å². The lowest BCUT2D eigenvalue weighted by Gasteiger charge is -2.23. The third-order valence-corrected chi connectivity index (χ3v) is 7.16. The average molecular weight is 278 g/mol. The summed E-state index contributed by atoms with van der Waals surface area (Å²) < 4.78 is 0. The molecule has 1 aliphatic carbocycles. The molecule has 0 spiro atoms. The first-order valence-electron chi connectivity index (χ1n) is 7.58. The Kier molecular flexibility index (Phi) is 3.00. The molecule has 1 heteroatoms. The van der Waals surface area contributed by atoms with E-state index < -0.39 is 0 Å². The Morgan fingerprint density at radius 1 is 1.00 bits per heavy atom. The molecular weight excluding hydrogens is 259 g/mol. The first-order chi connectivity index (χ1) is 9.88. The monoisotopic (exact) mass is 278 g/mol. The Hall–Kier alpha value is -1.39. The van der Waals surface area contributed by atoms with E-state index in [-0.39, 0.29) is 7.92 Å². The van der Waals surface area contributed by atoms with Crippen LogP contribution in [0.4, 0.5) is 0 Å². The van der Waals surface area contributed by atoms with Gasteiger partial charge < -0.3 is 0 Å². The van der Waals surface area contributed by atoms with Crippen LogP contribution >= 0.6 is 7.92 Å². The van der Waals surface area contributed by atoms with Crippen LogP contribution in [0.25, 0.3) is 17.2 Å². The molecule has 2 bridgehead atoms. The molecule has 0 nitrogen and oxygen atoms in total. The topological polar surface area (TPSA) is 0 Å². The van der Waals surface area contributed by atoms with E-state index in [1.165, 1.54) is 47.7 Å². The van der Waals surface area contributed by atoms with Crippen LogP contribution in [-0.4, -0.2) is 6.16 Å². The lowest BCUT2D eigenvalue weighted by molar-refractivity contribution is 0.892. The second-order valence-corrected chi connectivity index (χ2v) is 8.07. The lowest BCUT2D eigenvalue weighted by atomic mass is 9.97. The van der Waals surface area contributed by atoms with E-state index in [0.29, 0.717) is 0 Å². The smallest absolute Gasteiger partial charge is 0.00117 e. The van der Waals surface area contributed by atoms with Crippen LogP contribution in [0, 0.1) is 0 Å². The number of fused-ring (bicyclic) bond motifs is 2. The van der Waals surface area contributed by atoms with Gasteiger partial charge in [-0.15, -0.1) is 0 Å². The summed E-state index contributed by atoms with van der Waals surface area (Å²) in [6.45, 7) is 2.30. The molecule has 0 saturated carbocycles. The molecule has 0 radical (unpaired) electrons. The fourth-order valence-electron chi connectivity index (χ4n) is 3.43. The molecule has 20 heavy (non-hydrogen) atoms. The summed E-state index contributed by atoms with van der Waals surface area (Å²) in [5.41, 5.74) is 5.97. The molecule has 2 aromatic carbocycles. The van der Waals surface area contributed by atoms with Crippen LogP contribution < -0.4 is 5.30 Å². The highest BCUT2D eigenvalue weighted by Crippen LogP contribution is 2.55. The van der Waals surface area contributed by atoms with E-state index >= 15 is 0 Å². The van der Waals surface area contributed by atoms with E-state index in [9.17, 15) is 0 Å². The quantitative estimate of drug-likeness (QED) is 0.679. The predicted octanol–water partition coefficient (Wildman–Crippen LogP) is 5.17. The van der Waals surface area contributed by atoms with Crippen molar-refractivity contribution >= 4 is 19.3 Å². The zero-order valence-electron chi connectivity index (χ0n) is 11.9. The standard InChI is InChI=1S/C19H19P/c1-2-3-11-20-15-12-14-7-6-9-16(18(14)13-15)17-8-4-5-10-19(17)20/h4-10,13H,2-3,11-12H2,1H3. The Balaban J connectivity index is 1.93. The molecule has 0 amide bonds. The fourth-order valence-corrected chi connectivity index (χ4v) is 6.30. The van der Waals surface area contributed by atoms with Gasteiger partial charge in [-0.2, -0.15) is 0 Å². The largest absolute Gasteiger partial charge is 0.0654 e. The van der Waals surface area contributed by atoms with Crippen molar-refractivity contribution in [1.29, 1.82) is 0 Å². The molecule has 0 N–H and O–H groups in total. The minimum Gasteiger partial charge on any atom is -0.0654 e. The summed E-state index contributed by atoms with van der Waals surface area (Å²) in [7, 11) is -0.122. The zero-order valence-corrected chi connectivity index (χ0v) is 12.8. The molecule has 0 fully saturated rings. The first kappa shape index (κ1) is 12.4. The predicted molar refractivity (Wildman–Crippen MR) is 89.9 cm³/mol. The van der Waals surface area contributed by atoms with E-state index in [1.807, 2.05) is 0 Å².